The predicted octanol–water partition coefficient (Wildman–Crippen LogP) is 4.77. The van der Waals surface area contributed by atoms with Crippen LogP contribution in [0.5, 0.6) is 5.75 Å². The smallest absolute Gasteiger partial charge is 0.252 e. The lowest BCUT2D eigenvalue weighted by Gasteiger charge is -2.37. The first-order valence-electron chi connectivity index (χ1n) is 9.65. The normalized spacial score (nSPS) is 15.7. The molecule has 1 saturated carbocycles. The second kappa shape index (κ2) is 8.13. The molecular weight excluding hydrogens is 357 g/mol. The summed E-state index contributed by atoms with van der Waals surface area (Å²) in [6, 6.07) is 9.68. The molecule has 0 heterocycles. The van der Waals surface area contributed by atoms with Gasteiger partial charge >= 0.3 is 0 Å². The number of methoxy groups -OCH3 is 1. The highest BCUT2D eigenvalue weighted by atomic mass is 19.1. The average Bonchev–Trinajstić information content (AvgIpc) is 2.70. The van der Waals surface area contributed by atoms with Crippen molar-refractivity contribution in [3.63, 3.8) is 0 Å². The van der Waals surface area contributed by atoms with Gasteiger partial charge in [0, 0.05) is 16.7 Å². The number of amides is 1. The van der Waals surface area contributed by atoms with Crippen LogP contribution in [0.4, 0.5) is 4.39 Å². The highest BCUT2D eigenvalue weighted by molar-refractivity contribution is 6.07. The van der Waals surface area contributed by atoms with Gasteiger partial charge in [-0.15, -0.1) is 0 Å². The minimum Gasteiger partial charge on any atom is -0.496 e. The molecule has 0 unspecified atom stereocenters. The van der Waals surface area contributed by atoms with E-state index in [2.05, 4.69) is 5.32 Å². The first kappa shape index (κ1) is 20.1. The maximum Gasteiger partial charge on any atom is 0.252 e. The number of ketones is 1. The van der Waals surface area contributed by atoms with Crippen LogP contribution in [0.2, 0.25) is 0 Å². The Morgan fingerprint density at radius 2 is 1.79 bits per heavy atom. The lowest BCUT2D eigenvalue weighted by atomic mass is 9.76. The van der Waals surface area contributed by atoms with E-state index in [9.17, 15) is 14.0 Å². The van der Waals surface area contributed by atoms with Crippen molar-refractivity contribution in [3.8, 4) is 5.75 Å². The minimum atomic E-state index is -0.963. The molecule has 0 aliphatic heterocycles. The molecule has 3 rings (SSSR count). The van der Waals surface area contributed by atoms with Crippen LogP contribution in [0.25, 0.3) is 0 Å². The largest absolute Gasteiger partial charge is 0.496 e. The molecule has 0 aromatic heterocycles. The van der Waals surface area contributed by atoms with Crippen LogP contribution in [-0.2, 0) is 0 Å². The summed E-state index contributed by atoms with van der Waals surface area (Å²) >= 11 is 0. The third-order valence-electron chi connectivity index (χ3n) is 5.66. The second-order valence-electron chi connectivity index (χ2n) is 7.52. The summed E-state index contributed by atoms with van der Waals surface area (Å²) in [5, 5.41) is 3.04. The van der Waals surface area contributed by atoms with Crippen molar-refractivity contribution >= 4 is 11.7 Å². The molecule has 1 fully saturated rings. The van der Waals surface area contributed by atoms with E-state index in [1.54, 1.807) is 38.3 Å². The van der Waals surface area contributed by atoms with E-state index in [0.29, 0.717) is 35.3 Å². The molecule has 2 aromatic carbocycles. The fourth-order valence-corrected chi connectivity index (χ4v) is 3.99. The average molecular weight is 383 g/mol. The van der Waals surface area contributed by atoms with E-state index in [1.807, 2.05) is 6.92 Å². The SMILES string of the molecule is COc1cccc(C(=O)NC2(C(=O)c3ccc(F)c(C)c3)CCCCC2)c1C. The van der Waals surface area contributed by atoms with Crippen molar-refractivity contribution in [3.05, 3.63) is 64.5 Å². The maximum atomic E-state index is 13.7. The zero-order valence-electron chi connectivity index (χ0n) is 16.6. The van der Waals surface area contributed by atoms with Crippen LogP contribution >= 0.6 is 0 Å². The molecular formula is C23H26FNO3. The monoisotopic (exact) mass is 383 g/mol. The summed E-state index contributed by atoms with van der Waals surface area (Å²) in [4.78, 5) is 26.5. The molecule has 1 amide bonds. The van der Waals surface area contributed by atoms with Gasteiger partial charge in [0.1, 0.15) is 17.1 Å². The van der Waals surface area contributed by atoms with Crippen LogP contribution in [0, 0.1) is 19.7 Å². The fraction of sp³-hybridized carbons (Fsp3) is 0.391. The molecule has 28 heavy (non-hydrogen) atoms. The van der Waals surface area contributed by atoms with Gasteiger partial charge in [-0.2, -0.15) is 0 Å². The second-order valence-corrected chi connectivity index (χ2v) is 7.52. The Hall–Kier alpha value is -2.69. The highest BCUT2D eigenvalue weighted by Crippen LogP contribution is 2.33. The van der Waals surface area contributed by atoms with Crippen LogP contribution in [0.3, 0.4) is 0 Å². The van der Waals surface area contributed by atoms with E-state index in [0.717, 1.165) is 24.8 Å². The van der Waals surface area contributed by atoms with Gasteiger partial charge in [-0.1, -0.05) is 25.3 Å². The number of ether oxygens (including phenoxy) is 1. The van der Waals surface area contributed by atoms with Gasteiger partial charge in [0.05, 0.1) is 7.11 Å². The van der Waals surface area contributed by atoms with Crippen LogP contribution in [0.15, 0.2) is 36.4 Å². The van der Waals surface area contributed by atoms with Crippen LogP contribution < -0.4 is 10.1 Å². The Morgan fingerprint density at radius 1 is 1.07 bits per heavy atom. The molecule has 0 bridgehead atoms. The van der Waals surface area contributed by atoms with Gasteiger partial charge in [-0.05, 0) is 62.6 Å². The molecule has 1 aliphatic carbocycles. The number of hydrogen-bond donors (Lipinski definition) is 1. The first-order valence-corrected chi connectivity index (χ1v) is 9.65. The maximum absolute atomic E-state index is 13.7. The molecule has 5 heteroatoms. The molecule has 4 nitrogen and oxygen atoms in total. The van der Waals surface area contributed by atoms with Crippen molar-refractivity contribution in [2.45, 2.75) is 51.5 Å². The Labute approximate surface area is 165 Å². The number of benzene rings is 2. The predicted molar refractivity (Wildman–Crippen MR) is 106 cm³/mol. The summed E-state index contributed by atoms with van der Waals surface area (Å²) < 4.78 is 19.0. The standard InChI is InChI=1S/C23H26FNO3/c1-15-14-17(10-11-19(15)24)21(26)23(12-5-4-6-13-23)25-22(27)18-8-7-9-20(28-3)16(18)2/h7-11,14H,4-6,12-13H2,1-3H3,(H,25,27). The Kier molecular flexibility index (Phi) is 5.82. The molecule has 1 N–H and O–H groups in total. The van der Waals surface area contributed by atoms with Gasteiger partial charge in [0.25, 0.3) is 5.91 Å². The van der Waals surface area contributed by atoms with Gasteiger partial charge < -0.3 is 10.1 Å². The number of hydrogen-bond acceptors (Lipinski definition) is 3. The van der Waals surface area contributed by atoms with Crippen molar-refractivity contribution in [1.29, 1.82) is 0 Å². The number of rotatable bonds is 5. The summed E-state index contributed by atoms with van der Waals surface area (Å²) in [5.41, 5.74) is 1.12. The molecule has 148 valence electrons. The van der Waals surface area contributed by atoms with Gasteiger partial charge in [0.2, 0.25) is 0 Å². The van der Waals surface area contributed by atoms with E-state index in [4.69, 9.17) is 4.74 Å². The van der Waals surface area contributed by atoms with Gasteiger partial charge in [-0.25, -0.2) is 4.39 Å². The van der Waals surface area contributed by atoms with Crippen LogP contribution in [0.1, 0.15) is 63.9 Å². The van der Waals surface area contributed by atoms with Crippen molar-refractivity contribution in [2.75, 3.05) is 7.11 Å². The number of nitrogens with one attached hydrogen (secondary N) is 1. The molecule has 0 spiro atoms. The summed E-state index contributed by atoms with van der Waals surface area (Å²) in [5.74, 6) is -0.147. The number of carbonyl (C=O) groups excluding carboxylic acids is 2. The summed E-state index contributed by atoms with van der Waals surface area (Å²) in [6.07, 6.45) is 3.92. The first-order chi connectivity index (χ1) is 13.4. The van der Waals surface area contributed by atoms with Gasteiger partial charge in [-0.3, -0.25) is 9.59 Å². The number of aryl methyl sites for hydroxylation is 1. The minimum absolute atomic E-state index is 0.149. The number of carbonyl (C=O) groups is 2. The highest BCUT2D eigenvalue weighted by Gasteiger charge is 2.41. The van der Waals surface area contributed by atoms with E-state index in [-0.39, 0.29) is 17.5 Å². The number of halogens is 1. The van der Waals surface area contributed by atoms with Crippen molar-refractivity contribution in [2.24, 2.45) is 0 Å². The zero-order valence-corrected chi connectivity index (χ0v) is 16.6. The van der Waals surface area contributed by atoms with Crippen molar-refractivity contribution < 1.29 is 18.7 Å². The topological polar surface area (TPSA) is 55.4 Å². The molecule has 0 radical (unpaired) electrons. The number of Topliss-reactive ketones (excluding diaryl/α,β-unsaturated/α-hetero) is 1. The molecule has 0 saturated heterocycles. The van der Waals surface area contributed by atoms with Crippen LogP contribution in [-0.4, -0.2) is 24.3 Å². The Bertz CT molecular complexity index is 901. The van der Waals surface area contributed by atoms with Gasteiger partial charge in [0.15, 0.2) is 5.78 Å². The molecule has 1 aliphatic rings. The molecule has 0 atom stereocenters. The lowest BCUT2D eigenvalue weighted by Crippen LogP contribution is -2.55. The Morgan fingerprint density at radius 3 is 2.43 bits per heavy atom. The van der Waals surface area contributed by atoms with E-state index < -0.39 is 5.54 Å². The zero-order chi connectivity index (χ0) is 20.3. The summed E-state index contributed by atoms with van der Waals surface area (Å²) in [6.45, 7) is 3.46. The molecule has 2 aromatic rings. The fourth-order valence-electron chi connectivity index (χ4n) is 3.99. The van der Waals surface area contributed by atoms with E-state index in [1.165, 1.54) is 12.1 Å². The quantitative estimate of drug-likeness (QED) is 0.757. The third-order valence-corrected chi connectivity index (χ3v) is 5.66. The Balaban J connectivity index is 1.94. The van der Waals surface area contributed by atoms with Crippen molar-refractivity contribution in [1.82, 2.24) is 5.32 Å². The van der Waals surface area contributed by atoms with E-state index >= 15 is 0 Å². The third kappa shape index (κ3) is 3.79. The summed E-state index contributed by atoms with van der Waals surface area (Å²) in [7, 11) is 1.56. The lowest BCUT2D eigenvalue weighted by molar-refractivity contribution is 0.0713.